The van der Waals surface area contributed by atoms with Crippen LogP contribution in [0.1, 0.15) is 11.3 Å². The van der Waals surface area contributed by atoms with Crippen molar-refractivity contribution in [1.82, 2.24) is 4.98 Å². The summed E-state index contributed by atoms with van der Waals surface area (Å²) in [6, 6.07) is 10.4. The topological polar surface area (TPSA) is 36.7 Å². The van der Waals surface area contributed by atoms with Crippen molar-refractivity contribution in [1.29, 1.82) is 5.26 Å². The average Bonchev–Trinajstić information content (AvgIpc) is 2.45. The molecule has 104 valence electrons. The Morgan fingerprint density at radius 2 is 1.76 bits per heavy atom. The Balaban J connectivity index is 2.55. The number of fused-ring (bicyclic) bond motifs is 3. The van der Waals surface area contributed by atoms with Gasteiger partial charge in [-0.25, -0.2) is 4.98 Å². The van der Waals surface area contributed by atoms with Gasteiger partial charge in [0, 0.05) is 15.8 Å². The molecule has 0 radical (unpaired) electrons. The number of benzene rings is 2. The molecule has 1 heterocycles. The van der Waals surface area contributed by atoms with Crippen molar-refractivity contribution in [3.8, 4) is 6.07 Å². The van der Waals surface area contributed by atoms with E-state index in [1.807, 2.05) is 6.07 Å². The highest BCUT2D eigenvalue weighted by Crippen LogP contribution is 2.37. The maximum atomic E-state index is 13.2. The molecule has 0 aliphatic heterocycles. The second-order valence-corrected chi connectivity index (χ2v) is 4.93. The number of hydrogen-bond acceptors (Lipinski definition) is 2. The predicted molar refractivity (Wildman–Crippen MR) is 74.0 cm³/mol. The van der Waals surface area contributed by atoms with E-state index in [4.69, 9.17) is 16.9 Å². The molecule has 2 nitrogen and oxygen atoms in total. The van der Waals surface area contributed by atoms with Crippen LogP contribution in [-0.2, 0) is 6.18 Å². The van der Waals surface area contributed by atoms with Crippen LogP contribution >= 0.6 is 11.6 Å². The number of aromatic nitrogens is 1. The van der Waals surface area contributed by atoms with Gasteiger partial charge >= 0.3 is 6.18 Å². The van der Waals surface area contributed by atoms with Gasteiger partial charge < -0.3 is 0 Å². The van der Waals surface area contributed by atoms with Gasteiger partial charge in [0.15, 0.2) is 5.69 Å². The summed E-state index contributed by atoms with van der Waals surface area (Å²) in [5, 5.41) is 10.1. The summed E-state index contributed by atoms with van der Waals surface area (Å²) in [7, 11) is 0. The fourth-order valence-electron chi connectivity index (χ4n) is 2.26. The monoisotopic (exact) mass is 306 g/mol. The Morgan fingerprint density at radius 1 is 1.00 bits per heavy atom. The van der Waals surface area contributed by atoms with E-state index in [1.165, 1.54) is 30.3 Å². The second kappa shape index (κ2) is 4.61. The molecule has 1 aromatic heterocycles. The highest BCUT2D eigenvalue weighted by Gasteiger charge is 2.35. The largest absolute Gasteiger partial charge is 0.433 e. The fraction of sp³-hybridized carbons (Fsp3) is 0.0667. The molecule has 0 aliphatic carbocycles. The van der Waals surface area contributed by atoms with E-state index >= 15 is 0 Å². The zero-order valence-electron chi connectivity index (χ0n) is 10.4. The molecule has 0 unspecified atom stereocenters. The van der Waals surface area contributed by atoms with Crippen molar-refractivity contribution < 1.29 is 13.2 Å². The molecule has 3 rings (SSSR count). The Morgan fingerprint density at radius 3 is 2.43 bits per heavy atom. The summed E-state index contributed by atoms with van der Waals surface area (Å²) in [5.41, 5.74) is -0.491. The smallest absolute Gasteiger partial charge is 0.243 e. The van der Waals surface area contributed by atoms with E-state index in [-0.39, 0.29) is 16.5 Å². The minimum absolute atomic E-state index is 0.0451. The second-order valence-electron chi connectivity index (χ2n) is 4.49. The van der Waals surface area contributed by atoms with Gasteiger partial charge in [-0.15, -0.1) is 0 Å². The van der Waals surface area contributed by atoms with Crippen molar-refractivity contribution in [2.75, 3.05) is 0 Å². The highest BCUT2D eigenvalue weighted by molar-refractivity contribution is 6.31. The molecule has 0 atom stereocenters. The molecular formula is C15H6ClF3N2. The maximum Gasteiger partial charge on any atom is 0.433 e. The highest BCUT2D eigenvalue weighted by atomic mass is 35.5. The minimum Gasteiger partial charge on any atom is -0.243 e. The van der Waals surface area contributed by atoms with Gasteiger partial charge in [0.2, 0.25) is 0 Å². The first-order chi connectivity index (χ1) is 9.90. The van der Waals surface area contributed by atoms with Crippen molar-refractivity contribution >= 4 is 33.3 Å². The molecular weight excluding hydrogens is 301 g/mol. The van der Waals surface area contributed by atoms with E-state index in [0.717, 1.165) is 0 Å². The van der Waals surface area contributed by atoms with Gasteiger partial charge in [-0.3, -0.25) is 0 Å². The molecule has 0 aliphatic rings. The lowest BCUT2D eigenvalue weighted by molar-refractivity contribution is -0.139. The van der Waals surface area contributed by atoms with Gasteiger partial charge in [0.1, 0.15) is 0 Å². The molecule has 0 fully saturated rings. The maximum absolute atomic E-state index is 13.2. The molecule has 0 N–H and O–H groups in total. The molecule has 0 amide bonds. The number of hydrogen-bond donors (Lipinski definition) is 0. The number of alkyl halides is 3. The molecule has 0 saturated carbocycles. The van der Waals surface area contributed by atoms with Crippen LogP contribution in [0.25, 0.3) is 21.7 Å². The van der Waals surface area contributed by atoms with Crippen LogP contribution in [0.4, 0.5) is 13.2 Å². The summed E-state index contributed by atoms with van der Waals surface area (Å²) < 4.78 is 39.5. The number of pyridine rings is 1. The van der Waals surface area contributed by atoms with Crippen LogP contribution in [0.2, 0.25) is 5.02 Å². The number of nitrogens with zero attached hydrogens (tertiary/aromatic N) is 2. The van der Waals surface area contributed by atoms with Crippen LogP contribution in [0.5, 0.6) is 0 Å². The summed E-state index contributed by atoms with van der Waals surface area (Å²) in [6.07, 6.45) is -4.57. The first-order valence-electron chi connectivity index (χ1n) is 5.90. The quantitative estimate of drug-likeness (QED) is 0.552. The van der Waals surface area contributed by atoms with Crippen molar-refractivity contribution in [2.45, 2.75) is 6.18 Å². The Labute approximate surface area is 122 Å². The van der Waals surface area contributed by atoms with Gasteiger partial charge in [0.25, 0.3) is 0 Å². The number of halogens is 4. The van der Waals surface area contributed by atoms with Gasteiger partial charge in [-0.1, -0.05) is 17.7 Å². The molecule has 21 heavy (non-hydrogen) atoms. The lowest BCUT2D eigenvalue weighted by Gasteiger charge is -2.12. The fourth-order valence-corrected chi connectivity index (χ4v) is 2.43. The third-order valence-electron chi connectivity index (χ3n) is 3.15. The minimum atomic E-state index is -4.57. The standard InChI is InChI=1S/C15H6ClF3N2/c16-9-2-4-13-12(6-9)11-5-8(7-20)1-3-10(11)14(21-13)15(17,18)19/h1-6H. The van der Waals surface area contributed by atoms with Gasteiger partial charge in [-0.05, 0) is 35.7 Å². The van der Waals surface area contributed by atoms with E-state index in [2.05, 4.69) is 4.98 Å². The number of rotatable bonds is 0. The molecule has 0 saturated heterocycles. The third kappa shape index (κ3) is 2.28. The molecule has 3 aromatic rings. The van der Waals surface area contributed by atoms with Crippen LogP contribution in [0.15, 0.2) is 36.4 Å². The summed E-state index contributed by atoms with van der Waals surface area (Å²) in [4.78, 5) is 3.70. The Kier molecular flexibility index (Phi) is 2.99. The average molecular weight is 307 g/mol. The van der Waals surface area contributed by atoms with E-state index in [0.29, 0.717) is 15.8 Å². The van der Waals surface area contributed by atoms with Gasteiger partial charge in [0.05, 0.1) is 17.1 Å². The predicted octanol–water partition coefficient (Wildman–Crippen LogP) is 4.93. The molecule has 0 spiro atoms. The zero-order valence-corrected chi connectivity index (χ0v) is 11.1. The molecule has 0 bridgehead atoms. The SMILES string of the molecule is N#Cc1ccc2c(C(F)(F)F)nc3ccc(Cl)cc3c2c1. The molecule has 2 aromatic carbocycles. The van der Waals surface area contributed by atoms with Crippen LogP contribution in [0.3, 0.4) is 0 Å². The van der Waals surface area contributed by atoms with Crippen molar-refractivity contribution in [3.63, 3.8) is 0 Å². The third-order valence-corrected chi connectivity index (χ3v) is 3.39. The van der Waals surface area contributed by atoms with Crippen LogP contribution < -0.4 is 0 Å². The first kappa shape index (κ1) is 13.7. The summed E-state index contributed by atoms with van der Waals surface area (Å²) >= 11 is 5.91. The first-order valence-corrected chi connectivity index (χ1v) is 6.28. The Bertz CT molecular complexity index is 911. The van der Waals surface area contributed by atoms with Crippen molar-refractivity contribution in [2.24, 2.45) is 0 Å². The lowest BCUT2D eigenvalue weighted by Crippen LogP contribution is -2.09. The van der Waals surface area contributed by atoms with E-state index in [1.54, 1.807) is 6.07 Å². The lowest BCUT2D eigenvalue weighted by atomic mass is 10.0. The zero-order chi connectivity index (χ0) is 15.2. The van der Waals surface area contributed by atoms with Crippen LogP contribution in [0, 0.1) is 11.3 Å². The van der Waals surface area contributed by atoms with Gasteiger partial charge in [-0.2, -0.15) is 18.4 Å². The number of nitriles is 1. The van der Waals surface area contributed by atoms with E-state index in [9.17, 15) is 13.2 Å². The summed E-state index contributed by atoms with van der Waals surface area (Å²) in [5.74, 6) is 0. The Hall–Kier alpha value is -2.32. The molecule has 6 heteroatoms. The van der Waals surface area contributed by atoms with E-state index < -0.39 is 11.9 Å². The summed E-state index contributed by atoms with van der Waals surface area (Å²) in [6.45, 7) is 0. The normalized spacial score (nSPS) is 11.8. The van der Waals surface area contributed by atoms with Crippen LogP contribution in [-0.4, -0.2) is 4.98 Å². The van der Waals surface area contributed by atoms with Crippen molar-refractivity contribution in [3.05, 3.63) is 52.7 Å².